The SMILES string of the molecule is CC(C)n1cc(-c2ccc([N+](=O)[O-])cc2)c2ccc(NS(C)(=O)=O)cc21. The predicted octanol–water partition coefficient (Wildman–Crippen LogP) is 4.17. The van der Waals surface area contributed by atoms with Gasteiger partial charge in [0.2, 0.25) is 10.0 Å². The zero-order valence-corrected chi connectivity index (χ0v) is 15.4. The molecule has 3 rings (SSSR count). The van der Waals surface area contributed by atoms with Crippen molar-refractivity contribution < 1.29 is 13.3 Å². The van der Waals surface area contributed by atoms with E-state index < -0.39 is 14.9 Å². The normalized spacial score (nSPS) is 11.8. The van der Waals surface area contributed by atoms with Crippen molar-refractivity contribution in [2.45, 2.75) is 19.9 Å². The number of nitro groups is 1. The Kier molecular flexibility index (Phi) is 4.45. The molecule has 0 aliphatic rings. The third-order valence-corrected chi connectivity index (χ3v) is 4.69. The van der Waals surface area contributed by atoms with Crippen LogP contribution in [-0.2, 0) is 10.0 Å². The van der Waals surface area contributed by atoms with Crippen LogP contribution in [0, 0.1) is 10.1 Å². The first-order valence-electron chi connectivity index (χ1n) is 8.03. The van der Waals surface area contributed by atoms with Crippen LogP contribution >= 0.6 is 0 Å². The molecule has 0 spiro atoms. The maximum absolute atomic E-state index is 11.5. The van der Waals surface area contributed by atoms with Gasteiger partial charge in [-0.25, -0.2) is 8.42 Å². The fourth-order valence-corrected chi connectivity index (χ4v) is 3.50. The van der Waals surface area contributed by atoms with E-state index in [0.29, 0.717) is 5.69 Å². The number of fused-ring (bicyclic) bond motifs is 1. The van der Waals surface area contributed by atoms with Crippen LogP contribution < -0.4 is 4.72 Å². The van der Waals surface area contributed by atoms with Gasteiger partial charge >= 0.3 is 0 Å². The lowest BCUT2D eigenvalue weighted by Gasteiger charge is -2.10. The quantitative estimate of drug-likeness (QED) is 0.536. The lowest BCUT2D eigenvalue weighted by molar-refractivity contribution is -0.384. The summed E-state index contributed by atoms with van der Waals surface area (Å²) in [6, 6.07) is 11.9. The first-order chi connectivity index (χ1) is 12.2. The molecule has 0 saturated carbocycles. The summed E-state index contributed by atoms with van der Waals surface area (Å²) in [6.07, 6.45) is 3.10. The highest BCUT2D eigenvalue weighted by molar-refractivity contribution is 7.92. The van der Waals surface area contributed by atoms with Gasteiger partial charge in [-0.1, -0.05) is 6.07 Å². The molecule has 0 saturated heterocycles. The third-order valence-electron chi connectivity index (χ3n) is 4.08. The molecular formula is C18H19N3O4S. The molecule has 0 unspecified atom stereocenters. The van der Waals surface area contributed by atoms with E-state index in [1.807, 2.05) is 26.1 Å². The van der Waals surface area contributed by atoms with Gasteiger partial charge < -0.3 is 4.57 Å². The predicted molar refractivity (Wildman–Crippen MR) is 103 cm³/mol. The second kappa shape index (κ2) is 6.45. The molecule has 0 bridgehead atoms. The van der Waals surface area contributed by atoms with E-state index in [1.165, 1.54) is 12.1 Å². The Labute approximate surface area is 151 Å². The maximum Gasteiger partial charge on any atom is 0.269 e. The molecule has 2 aromatic carbocycles. The number of hydrogen-bond acceptors (Lipinski definition) is 4. The van der Waals surface area contributed by atoms with Gasteiger partial charge in [0.15, 0.2) is 0 Å². The molecule has 0 aliphatic heterocycles. The number of rotatable bonds is 5. The number of sulfonamides is 1. The van der Waals surface area contributed by atoms with Gasteiger partial charge in [-0.05, 0) is 43.7 Å². The van der Waals surface area contributed by atoms with E-state index in [9.17, 15) is 18.5 Å². The van der Waals surface area contributed by atoms with E-state index >= 15 is 0 Å². The van der Waals surface area contributed by atoms with Crippen LogP contribution in [0.2, 0.25) is 0 Å². The van der Waals surface area contributed by atoms with Gasteiger partial charge in [-0.3, -0.25) is 14.8 Å². The standard InChI is InChI=1S/C18H19N3O4S/c1-12(2)20-11-17(13-4-7-15(8-5-13)21(22)23)16-9-6-14(10-18(16)20)19-26(3,24)25/h4-12,19H,1-3H3. The highest BCUT2D eigenvalue weighted by Crippen LogP contribution is 2.34. The number of aromatic nitrogens is 1. The smallest absolute Gasteiger partial charge is 0.269 e. The fraction of sp³-hybridized carbons (Fsp3) is 0.222. The number of nitrogens with zero attached hydrogens (tertiary/aromatic N) is 2. The van der Waals surface area contributed by atoms with Gasteiger partial charge in [0.25, 0.3) is 5.69 Å². The summed E-state index contributed by atoms with van der Waals surface area (Å²) < 4.78 is 27.5. The molecule has 3 aromatic rings. The van der Waals surface area contributed by atoms with Crippen LogP contribution in [0.1, 0.15) is 19.9 Å². The number of benzene rings is 2. The Balaban J connectivity index is 2.16. The van der Waals surface area contributed by atoms with Gasteiger partial charge in [-0.15, -0.1) is 0 Å². The van der Waals surface area contributed by atoms with Crippen molar-refractivity contribution in [2.75, 3.05) is 11.0 Å². The summed E-state index contributed by atoms with van der Waals surface area (Å²) in [5.41, 5.74) is 3.23. The van der Waals surface area contributed by atoms with E-state index in [2.05, 4.69) is 9.29 Å². The number of anilines is 1. The summed E-state index contributed by atoms with van der Waals surface area (Å²) >= 11 is 0. The van der Waals surface area contributed by atoms with Crippen LogP contribution in [0.3, 0.4) is 0 Å². The Bertz CT molecular complexity index is 1080. The van der Waals surface area contributed by atoms with Crippen LogP contribution in [0.4, 0.5) is 11.4 Å². The van der Waals surface area contributed by atoms with Crippen LogP contribution in [0.15, 0.2) is 48.7 Å². The summed E-state index contributed by atoms with van der Waals surface area (Å²) in [5, 5.41) is 11.8. The average molecular weight is 373 g/mol. The highest BCUT2D eigenvalue weighted by atomic mass is 32.2. The fourth-order valence-electron chi connectivity index (χ4n) is 2.95. The number of non-ortho nitro benzene ring substituents is 1. The van der Waals surface area contributed by atoms with Crippen LogP contribution in [-0.4, -0.2) is 24.2 Å². The van der Waals surface area contributed by atoms with Crippen LogP contribution in [0.5, 0.6) is 0 Å². The molecule has 0 amide bonds. The largest absolute Gasteiger partial charge is 0.344 e. The molecule has 0 fully saturated rings. The molecule has 0 radical (unpaired) electrons. The maximum atomic E-state index is 11.5. The van der Waals surface area contributed by atoms with Crippen molar-refractivity contribution >= 4 is 32.3 Å². The summed E-state index contributed by atoms with van der Waals surface area (Å²) in [7, 11) is -3.36. The average Bonchev–Trinajstić information content (AvgIpc) is 2.92. The minimum atomic E-state index is -3.36. The molecule has 26 heavy (non-hydrogen) atoms. The number of nitrogens with one attached hydrogen (secondary N) is 1. The third kappa shape index (κ3) is 3.55. The lowest BCUT2D eigenvalue weighted by atomic mass is 10.0. The Hall–Kier alpha value is -2.87. The van der Waals surface area contributed by atoms with Gasteiger partial charge in [0.1, 0.15) is 0 Å². The van der Waals surface area contributed by atoms with Crippen molar-refractivity contribution in [1.82, 2.24) is 4.57 Å². The number of hydrogen-bond donors (Lipinski definition) is 1. The molecular weight excluding hydrogens is 354 g/mol. The number of nitro benzene ring substituents is 1. The Morgan fingerprint density at radius 2 is 1.77 bits per heavy atom. The first-order valence-corrected chi connectivity index (χ1v) is 9.92. The Morgan fingerprint density at radius 1 is 1.12 bits per heavy atom. The molecule has 136 valence electrons. The minimum Gasteiger partial charge on any atom is -0.344 e. The summed E-state index contributed by atoms with van der Waals surface area (Å²) in [5.74, 6) is 0. The lowest BCUT2D eigenvalue weighted by Crippen LogP contribution is -2.09. The second-order valence-electron chi connectivity index (χ2n) is 6.45. The first kappa shape index (κ1) is 17.9. The zero-order valence-electron chi connectivity index (χ0n) is 14.6. The van der Waals surface area contributed by atoms with Crippen molar-refractivity contribution in [1.29, 1.82) is 0 Å². The van der Waals surface area contributed by atoms with Crippen molar-refractivity contribution in [3.63, 3.8) is 0 Å². The van der Waals surface area contributed by atoms with Crippen molar-refractivity contribution in [3.8, 4) is 11.1 Å². The topological polar surface area (TPSA) is 94.2 Å². The Morgan fingerprint density at radius 3 is 2.31 bits per heavy atom. The van der Waals surface area contributed by atoms with E-state index in [0.717, 1.165) is 28.3 Å². The second-order valence-corrected chi connectivity index (χ2v) is 8.20. The van der Waals surface area contributed by atoms with E-state index in [-0.39, 0.29) is 11.7 Å². The van der Waals surface area contributed by atoms with E-state index in [4.69, 9.17) is 0 Å². The molecule has 1 aromatic heterocycles. The van der Waals surface area contributed by atoms with Crippen molar-refractivity contribution in [2.24, 2.45) is 0 Å². The van der Waals surface area contributed by atoms with E-state index in [1.54, 1.807) is 24.3 Å². The molecule has 0 atom stereocenters. The zero-order chi connectivity index (χ0) is 19.1. The highest BCUT2D eigenvalue weighted by Gasteiger charge is 2.15. The molecule has 0 aliphatic carbocycles. The molecule has 8 heteroatoms. The molecule has 1 N–H and O–H groups in total. The minimum absolute atomic E-state index is 0.0426. The van der Waals surface area contributed by atoms with Crippen LogP contribution in [0.25, 0.3) is 22.0 Å². The summed E-state index contributed by atoms with van der Waals surface area (Å²) in [4.78, 5) is 10.4. The monoisotopic (exact) mass is 373 g/mol. The summed E-state index contributed by atoms with van der Waals surface area (Å²) in [6.45, 7) is 4.07. The molecule has 1 heterocycles. The van der Waals surface area contributed by atoms with Gasteiger partial charge in [0, 0.05) is 35.3 Å². The van der Waals surface area contributed by atoms with Gasteiger partial charge in [-0.2, -0.15) is 0 Å². The molecule has 7 nitrogen and oxygen atoms in total. The van der Waals surface area contributed by atoms with Gasteiger partial charge in [0.05, 0.1) is 22.4 Å². The van der Waals surface area contributed by atoms with Crippen molar-refractivity contribution in [3.05, 3.63) is 58.8 Å².